The maximum Gasteiger partial charge on any atom is 0.0900 e. The van der Waals surface area contributed by atoms with E-state index in [1.807, 2.05) is 25.5 Å². The minimum Gasteiger partial charge on any atom is -0.309 e. The highest BCUT2D eigenvalue weighted by Gasteiger charge is 2.20. The molecule has 0 fully saturated rings. The minimum atomic E-state index is 0.139. The zero-order valence-electron chi connectivity index (χ0n) is 11.8. The highest BCUT2D eigenvalue weighted by molar-refractivity contribution is 7.11. The van der Waals surface area contributed by atoms with Gasteiger partial charge in [-0.15, -0.1) is 11.3 Å². The molecule has 0 radical (unpaired) electrons. The van der Waals surface area contributed by atoms with Gasteiger partial charge >= 0.3 is 0 Å². The molecule has 4 heteroatoms. The average molecular weight is 283 g/mol. The highest BCUT2D eigenvalue weighted by atomic mass is 32.1. The number of fused-ring (bicyclic) bond motifs is 1. The van der Waals surface area contributed by atoms with E-state index in [0.717, 1.165) is 10.7 Å². The Morgan fingerprint density at radius 3 is 2.65 bits per heavy atom. The van der Waals surface area contributed by atoms with E-state index in [0.29, 0.717) is 0 Å². The lowest BCUT2D eigenvalue weighted by Crippen LogP contribution is -2.18. The average Bonchev–Trinajstić information content (AvgIpc) is 2.79. The topological polar surface area (TPSA) is 37.8 Å². The first-order valence-corrected chi connectivity index (χ1v) is 7.46. The van der Waals surface area contributed by atoms with Crippen LogP contribution in [0.2, 0.25) is 0 Å². The largest absolute Gasteiger partial charge is 0.309 e. The molecule has 0 saturated heterocycles. The highest BCUT2D eigenvalue weighted by Crippen LogP contribution is 2.32. The van der Waals surface area contributed by atoms with Crippen molar-refractivity contribution < 1.29 is 0 Å². The van der Waals surface area contributed by atoms with Gasteiger partial charge in [-0.2, -0.15) is 0 Å². The Morgan fingerprint density at radius 2 is 1.95 bits per heavy atom. The molecule has 20 heavy (non-hydrogen) atoms. The molecule has 3 nitrogen and oxygen atoms in total. The van der Waals surface area contributed by atoms with Gasteiger partial charge in [0.2, 0.25) is 0 Å². The second-order valence-electron chi connectivity index (χ2n) is 4.85. The lowest BCUT2D eigenvalue weighted by molar-refractivity contribution is 0.700. The van der Waals surface area contributed by atoms with Crippen LogP contribution in [0.25, 0.3) is 10.8 Å². The Morgan fingerprint density at radius 1 is 1.15 bits per heavy atom. The zero-order chi connectivity index (χ0) is 14.1. The summed E-state index contributed by atoms with van der Waals surface area (Å²) in [5.41, 5.74) is 2.30. The Hall–Kier alpha value is -1.78. The number of aromatic nitrogens is 2. The number of hydrogen-bond donors (Lipinski definition) is 1. The third-order valence-corrected chi connectivity index (χ3v) is 4.64. The molecular weight excluding hydrogens is 266 g/mol. The molecule has 0 saturated carbocycles. The first-order chi connectivity index (χ1) is 9.70. The van der Waals surface area contributed by atoms with Crippen LogP contribution in [0.15, 0.2) is 36.7 Å². The molecular formula is C16H17N3S. The molecule has 102 valence electrons. The molecule has 2 aromatic heterocycles. The first-order valence-electron chi connectivity index (χ1n) is 6.64. The van der Waals surface area contributed by atoms with Crippen LogP contribution in [0.3, 0.4) is 0 Å². The Balaban J connectivity index is 2.19. The number of nitrogens with zero attached hydrogens (tertiary/aromatic N) is 2. The van der Waals surface area contributed by atoms with Crippen molar-refractivity contribution in [3.05, 3.63) is 57.8 Å². The predicted octanol–water partition coefficient (Wildman–Crippen LogP) is 3.62. The summed E-state index contributed by atoms with van der Waals surface area (Å²) in [6, 6.07) is 8.51. The molecule has 1 atom stereocenters. The summed E-state index contributed by atoms with van der Waals surface area (Å²) >= 11 is 1.75. The second-order valence-corrected chi connectivity index (χ2v) is 6.09. The Bertz CT molecular complexity index is 743. The van der Waals surface area contributed by atoms with Gasteiger partial charge in [0.1, 0.15) is 0 Å². The number of benzene rings is 1. The van der Waals surface area contributed by atoms with E-state index in [2.05, 4.69) is 47.3 Å². The minimum absolute atomic E-state index is 0.139. The van der Waals surface area contributed by atoms with E-state index < -0.39 is 0 Å². The van der Waals surface area contributed by atoms with Gasteiger partial charge in [0.15, 0.2) is 0 Å². The summed E-state index contributed by atoms with van der Waals surface area (Å²) in [5.74, 6) is 0. The molecule has 0 aliphatic carbocycles. The summed E-state index contributed by atoms with van der Waals surface area (Å²) in [5, 5.41) is 6.93. The van der Waals surface area contributed by atoms with Crippen molar-refractivity contribution in [1.82, 2.24) is 15.3 Å². The van der Waals surface area contributed by atoms with Crippen LogP contribution in [0.4, 0.5) is 0 Å². The van der Waals surface area contributed by atoms with Crippen molar-refractivity contribution in [2.75, 3.05) is 7.05 Å². The van der Waals surface area contributed by atoms with Crippen LogP contribution < -0.4 is 5.32 Å². The molecule has 3 aromatic rings. The number of rotatable bonds is 3. The summed E-state index contributed by atoms with van der Waals surface area (Å²) in [4.78, 5) is 10.2. The van der Waals surface area contributed by atoms with Crippen molar-refractivity contribution in [3.63, 3.8) is 0 Å². The zero-order valence-corrected chi connectivity index (χ0v) is 12.7. The fraction of sp³-hybridized carbons (Fsp3) is 0.250. The molecule has 2 heterocycles. The number of hydrogen-bond acceptors (Lipinski definition) is 4. The van der Waals surface area contributed by atoms with Crippen molar-refractivity contribution in [1.29, 1.82) is 0 Å². The van der Waals surface area contributed by atoms with E-state index in [-0.39, 0.29) is 6.04 Å². The monoisotopic (exact) mass is 283 g/mol. The molecule has 1 unspecified atom stereocenters. The van der Waals surface area contributed by atoms with Crippen molar-refractivity contribution in [2.24, 2.45) is 0 Å². The molecule has 1 N–H and O–H groups in total. The quantitative estimate of drug-likeness (QED) is 0.798. The van der Waals surface area contributed by atoms with Gasteiger partial charge in [-0.3, -0.25) is 4.98 Å². The van der Waals surface area contributed by atoms with Crippen LogP contribution in [0.1, 0.15) is 27.2 Å². The maximum absolute atomic E-state index is 4.54. The molecule has 0 bridgehead atoms. The number of pyridine rings is 1. The third kappa shape index (κ3) is 2.21. The van der Waals surface area contributed by atoms with Crippen LogP contribution >= 0.6 is 11.3 Å². The maximum atomic E-state index is 4.54. The normalized spacial score (nSPS) is 12.8. The lowest BCUT2D eigenvalue weighted by atomic mass is 10.00. The van der Waals surface area contributed by atoms with Gasteiger partial charge in [0, 0.05) is 28.2 Å². The van der Waals surface area contributed by atoms with E-state index in [4.69, 9.17) is 0 Å². The number of nitrogens with one attached hydrogen (secondary N) is 1. The summed E-state index contributed by atoms with van der Waals surface area (Å²) < 4.78 is 0. The third-order valence-electron chi connectivity index (χ3n) is 3.50. The molecule has 0 aliphatic rings. The van der Waals surface area contributed by atoms with Crippen LogP contribution in [-0.2, 0) is 0 Å². The number of thiazole rings is 1. The predicted molar refractivity (Wildman–Crippen MR) is 84.2 cm³/mol. The smallest absolute Gasteiger partial charge is 0.0900 e. The standard InChI is InChI=1S/C16H17N3S/c1-10-16(20-11(2)19-10)15(17-3)14-9-18-8-12-6-4-5-7-13(12)14/h4-9,15,17H,1-3H3. The molecule has 0 aliphatic heterocycles. The van der Waals surface area contributed by atoms with Crippen LogP contribution in [-0.4, -0.2) is 17.0 Å². The fourth-order valence-electron chi connectivity index (χ4n) is 2.61. The lowest BCUT2D eigenvalue weighted by Gasteiger charge is -2.17. The van der Waals surface area contributed by atoms with Crippen LogP contribution in [0, 0.1) is 13.8 Å². The van der Waals surface area contributed by atoms with Gasteiger partial charge < -0.3 is 5.32 Å². The van der Waals surface area contributed by atoms with Crippen LogP contribution in [0.5, 0.6) is 0 Å². The molecule has 0 spiro atoms. The molecule has 3 rings (SSSR count). The van der Waals surface area contributed by atoms with E-state index >= 15 is 0 Å². The molecule has 0 amide bonds. The van der Waals surface area contributed by atoms with Gasteiger partial charge in [-0.05, 0) is 26.3 Å². The first kappa shape index (κ1) is 13.2. The van der Waals surface area contributed by atoms with Crippen molar-refractivity contribution in [2.45, 2.75) is 19.9 Å². The van der Waals surface area contributed by atoms with Gasteiger partial charge in [-0.1, -0.05) is 24.3 Å². The summed E-state index contributed by atoms with van der Waals surface area (Å²) in [7, 11) is 1.99. The Labute approximate surface area is 122 Å². The molecule has 1 aromatic carbocycles. The second kappa shape index (κ2) is 5.31. The number of aryl methyl sites for hydroxylation is 2. The van der Waals surface area contributed by atoms with E-state index in [9.17, 15) is 0 Å². The fourth-order valence-corrected chi connectivity index (χ4v) is 3.67. The van der Waals surface area contributed by atoms with Gasteiger partial charge in [-0.25, -0.2) is 4.98 Å². The Kier molecular flexibility index (Phi) is 3.51. The van der Waals surface area contributed by atoms with E-state index in [1.54, 1.807) is 11.3 Å². The summed E-state index contributed by atoms with van der Waals surface area (Å²) in [6.45, 7) is 4.12. The van der Waals surface area contributed by atoms with Crippen molar-refractivity contribution >= 4 is 22.1 Å². The van der Waals surface area contributed by atoms with Crippen molar-refractivity contribution in [3.8, 4) is 0 Å². The van der Waals surface area contributed by atoms with E-state index in [1.165, 1.54) is 21.2 Å². The van der Waals surface area contributed by atoms with Gasteiger partial charge in [0.05, 0.1) is 16.7 Å². The summed E-state index contributed by atoms with van der Waals surface area (Å²) in [6.07, 6.45) is 3.87. The van der Waals surface area contributed by atoms with Gasteiger partial charge in [0.25, 0.3) is 0 Å². The SMILES string of the molecule is CNC(c1sc(C)nc1C)c1cncc2ccccc12.